The Morgan fingerprint density at radius 2 is 1.76 bits per heavy atom. The smallest absolute Gasteiger partial charge is 0.275 e. The minimum absolute atomic E-state index is 0.137. The summed E-state index contributed by atoms with van der Waals surface area (Å²) in [5.74, 6) is 0. The molecule has 0 aliphatic carbocycles. The molecule has 0 fully saturated rings. The molecule has 0 aliphatic rings. The molecule has 0 aromatic heterocycles. The third-order valence-corrected chi connectivity index (χ3v) is 3.81. The maximum Gasteiger partial charge on any atom is 0.275 e. The van der Waals surface area contributed by atoms with Crippen LogP contribution >= 0.6 is 15.9 Å². The van der Waals surface area contributed by atoms with Gasteiger partial charge in [-0.3, -0.25) is 10.1 Å². The van der Waals surface area contributed by atoms with E-state index in [-0.39, 0.29) is 10.6 Å². The van der Waals surface area contributed by atoms with E-state index < -0.39 is 0 Å². The Morgan fingerprint density at radius 3 is 2.38 bits per heavy atom. The molecule has 0 heterocycles. The van der Waals surface area contributed by atoms with E-state index in [4.69, 9.17) is 0 Å². The number of hydrogen-bond acceptors (Lipinski definition) is 3. The van der Waals surface area contributed by atoms with E-state index in [2.05, 4.69) is 52.4 Å². The summed E-state index contributed by atoms with van der Waals surface area (Å²) < 4.78 is 0.716. The van der Waals surface area contributed by atoms with Crippen LogP contribution in [0.15, 0.2) is 46.9 Å². The Bertz CT molecular complexity index is 627. The fourth-order valence-corrected chi connectivity index (χ4v) is 2.44. The lowest BCUT2D eigenvalue weighted by Gasteiger charge is -2.07. The number of aryl methyl sites for hydroxylation is 1. The fraction of sp³-hybridized carbons (Fsp3) is 0.250. The summed E-state index contributed by atoms with van der Waals surface area (Å²) in [5, 5.41) is 14.3. The molecule has 0 atom stereocenters. The van der Waals surface area contributed by atoms with Gasteiger partial charge in [0.25, 0.3) is 5.69 Å². The van der Waals surface area contributed by atoms with Crippen LogP contribution in [-0.4, -0.2) is 4.92 Å². The van der Waals surface area contributed by atoms with Gasteiger partial charge in [-0.2, -0.15) is 0 Å². The van der Waals surface area contributed by atoms with E-state index in [9.17, 15) is 10.1 Å². The normalized spacial score (nSPS) is 10.6. The first-order valence-corrected chi connectivity index (χ1v) is 7.61. The summed E-state index contributed by atoms with van der Waals surface area (Å²) in [6, 6.07) is 13.5. The SMILES string of the molecule is CCc1ccc(CNCc2ccc(Br)cc2[N+](=O)[O-])cc1. The number of nitrogens with one attached hydrogen (secondary N) is 1. The minimum atomic E-state index is -0.349. The monoisotopic (exact) mass is 348 g/mol. The van der Waals surface area contributed by atoms with Crippen LogP contribution in [0.3, 0.4) is 0 Å². The first kappa shape index (κ1) is 15.7. The van der Waals surface area contributed by atoms with Gasteiger partial charge in [-0.25, -0.2) is 0 Å². The van der Waals surface area contributed by atoms with Crippen LogP contribution in [0.1, 0.15) is 23.6 Å². The fourth-order valence-electron chi connectivity index (χ4n) is 2.09. The predicted octanol–water partition coefficient (Wildman–Crippen LogP) is 4.21. The molecule has 0 amide bonds. The quantitative estimate of drug-likeness (QED) is 0.628. The number of nitro benzene ring substituents is 1. The van der Waals surface area contributed by atoms with Gasteiger partial charge in [-0.05, 0) is 29.7 Å². The van der Waals surface area contributed by atoms with Crippen molar-refractivity contribution in [3.05, 3.63) is 73.7 Å². The van der Waals surface area contributed by atoms with Crippen LogP contribution in [0.2, 0.25) is 0 Å². The number of benzene rings is 2. The molecule has 5 heteroatoms. The molecular formula is C16H17BrN2O2. The van der Waals surface area contributed by atoms with Gasteiger partial charge in [-0.1, -0.05) is 47.1 Å². The van der Waals surface area contributed by atoms with Crippen molar-refractivity contribution in [2.75, 3.05) is 0 Å². The summed E-state index contributed by atoms with van der Waals surface area (Å²) in [4.78, 5) is 10.7. The van der Waals surface area contributed by atoms with Crippen LogP contribution in [0.4, 0.5) is 5.69 Å². The van der Waals surface area contributed by atoms with Crippen LogP contribution < -0.4 is 5.32 Å². The van der Waals surface area contributed by atoms with Crippen molar-refractivity contribution in [2.45, 2.75) is 26.4 Å². The zero-order chi connectivity index (χ0) is 15.2. The topological polar surface area (TPSA) is 55.2 Å². The van der Waals surface area contributed by atoms with Crippen LogP contribution in [0.25, 0.3) is 0 Å². The van der Waals surface area contributed by atoms with Crippen molar-refractivity contribution in [2.24, 2.45) is 0 Å². The molecule has 0 aliphatic heterocycles. The van der Waals surface area contributed by atoms with Crippen molar-refractivity contribution in [1.29, 1.82) is 0 Å². The predicted molar refractivity (Wildman–Crippen MR) is 87.2 cm³/mol. The molecule has 4 nitrogen and oxygen atoms in total. The second-order valence-electron chi connectivity index (χ2n) is 4.80. The van der Waals surface area contributed by atoms with E-state index in [1.807, 2.05) is 6.07 Å². The van der Waals surface area contributed by atoms with E-state index in [1.54, 1.807) is 6.07 Å². The van der Waals surface area contributed by atoms with Crippen LogP contribution in [0, 0.1) is 10.1 Å². The highest BCUT2D eigenvalue weighted by molar-refractivity contribution is 9.10. The Kier molecular flexibility index (Phi) is 5.47. The van der Waals surface area contributed by atoms with Crippen molar-refractivity contribution >= 4 is 21.6 Å². The standard InChI is InChI=1S/C16H17BrN2O2/c1-2-12-3-5-13(6-4-12)10-18-11-14-7-8-15(17)9-16(14)19(20)21/h3-9,18H,2,10-11H2,1H3. The molecule has 0 bridgehead atoms. The molecule has 2 aromatic rings. The van der Waals surface area contributed by atoms with Crippen molar-refractivity contribution in [1.82, 2.24) is 5.32 Å². The number of hydrogen-bond donors (Lipinski definition) is 1. The largest absolute Gasteiger partial charge is 0.308 e. The maximum absolute atomic E-state index is 11.0. The molecular weight excluding hydrogens is 332 g/mol. The van der Waals surface area contributed by atoms with Crippen molar-refractivity contribution in [3.63, 3.8) is 0 Å². The third-order valence-electron chi connectivity index (χ3n) is 3.32. The van der Waals surface area contributed by atoms with Gasteiger partial charge in [-0.15, -0.1) is 0 Å². The maximum atomic E-state index is 11.0. The van der Waals surface area contributed by atoms with Gasteiger partial charge in [0.2, 0.25) is 0 Å². The molecule has 0 unspecified atom stereocenters. The Morgan fingerprint density at radius 1 is 1.10 bits per heavy atom. The van der Waals surface area contributed by atoms with Gasteiger partial charge in [0.15, 0.2) is 0 Å². The average molecular weight is 349 g/mol. The second kappa shape index (κ2) is 7.33. The van der Waals surface area contributed by atoms with Gasteiger partial charge < -0.3 is 5.32 Å². The number of nitro groups is 1. The number of nitrogens with zero attached hydrogens (tertiary/aromatic N) is 1. The Hall–Kier alpha value is -1.72. The molecule has 2 rings (SSSR count). The molecule has 1 N–H and O–H groups in total. The van der Waals surface area contributed by atoms with E-state index in [1.165, 1.54) is 17.2 Å². The molecule has 2 aromatic carbocycles. The Labute approximate surface area is 132 Å². The summed E-state index contributed by atoms with van der Waals surface area (Å²) >= 11 is 3.26. The molecule has 0 saturated carbocycles. The highest BCUT2D eigenvalue weighted by Gasteiger charge is 2.13. The van der Waals surface area contributed by atoms with E-state index >= 15 is 0 Å². The van der Waals surface area contributed by atoms with E-state index in [0.717, 1.165) is 6.42 Å². The lowest BCUT2D eigenvalue weighted by Crippen LogP contribution is -2.13. The van der Waals surface area contributed by atoms with Gasteiger partial charge >= 0.3 is 0 Å². The number of halogens is 1. The summed E-state index contributed by atoms with van der Waals surface area (Å²) in [6.45, 7) is 3.29. The summed E-state index contributed by atoms with van der Waals surface area (Å²) in [6.07, 6.45) is 1.03. The molecule has 110 valence electrons. The molecule has 0 radical (unpaired) electrons. The second-order valence-corrected chi connectivity index (χ2v) is 5.72. The minimum Gasteiger partial charge on any atom is -0.308 e. The van der Waals surface area contributed by atoms with Crippen molar-refractivity contribution in [3.8, 4) is 0 Å². The van der Waals surface area contributed by atoms with Crippen LogP contribution in [0.5, 0.6) is 0 Å². The average Bonchev–Trinajstić information content (AvgIpc) is 2.49. The number of rotatable bonds is 6. The lowest BCUT2D eigenvalue weighted by molar-refractivity contribution is -0.385. The highest BCUT2D eigenvalue weighted by Crippen LogP contribution is 2.23. The zero-order valence-electron chi connectivity index (χ0n) is 11.8. The summed E-state index contributed by atoms with van der Waals surface area (Å²) in [7, 11) is 0. The Balaban J connectivity index is 1.98. The molecule has 0 saturated heterocycles. The first-order chi connectivity index (χ1) is 10.1. The first-order valence-electron chi connectivity index (χ1n) is 6.81. The highest BCUT2D eigenvalue weighted by atomic mass is 79.9. The summed E-state index contributed by atoms with van der Waals surface area (Å²) in [5.41, 5.74) is 3.31. The van der Waals surface area contributed by atoms with Gasteiger partial charge in [0, 0.05) is 29.2 Å². The van der Waals surface area contributed by atoms with E-state index in [0.29, 0.717) is 23.1 Å². The third kappa shape index (κ3) is 4.37. The van der Waals surface area contributed by atoms with Gasteiger partial charge in [0.05, 0.1) is 4.92 Å². The molecule has 21 heavy (non-hydrogen) atoms. The van der Waals surface area contributed by atoms with Crippen LogP contribution in [-0.2, 0) is 19.5 Å². The lowest BCUT2D eigenvalue weighted by atomic mass is 10.1. The zero-order valence-corrected chi connectivity index (χ0v) is 13.4. The van der Waals surface area contributed by atoms with Gasteiger partial charge in [0.1, 0.15) is 0 Å². The van der Waals surface area contributed by atoms with Crippen molar-refractivity contribution < 1.29 is 4.92 Å². The molecule has 0 spiro atoms.